The molecule has 0 saturated heterocycles. The lowest BCUT2D eigenvalue weighted by molar-refractivity contribution is 0.458. The van der Waals surface area contributed by atoms with Gasteiger partial charge in [0.05, 0.1) is 4.47 Å². The molecule has 1 aliphatic heterocycles. The average Bonchev–Trinajstić information content (AvgIpc) is 2.88. The van der Waals surface area contributed by atoms with Crippen LogP contribution in [0, 0.1) is 0 Å². The fourth-order valence-corrected chi connectivity index (χ4v) is 5.23. The van der Waals surface area contributed by atoms with E-state index in [4.69, 9.17) is 4.74 Å². The number of para-hydroxylation sites is 1. The van der Waals surface area contributed by atoms with Gasteiger partial charge in [-0.15, -0.1) is 0 Å². The van der Waals surface area contributed by atoms with Gasteiger partial charge in [0, 0.05) is 17.5 Å². The maximum atomic E-state index is 6.58. The molecule has 0 radical (unpaired) electrons. The summed E-state index contributed by atoms with van der Waals surface area (Å²) in [5.41, 5.74) is 9.67. The van der Waals surface area contributed by atoms with E-state index in [2.05, 4.69) is 125 Å². The van der Waals surface area contributed by atoms with E-state index >= 15 is 0 Å². The molecule has 0 spiro atoms. The lowest BCUT2D eigenvalue weighted by atomic mass is 9.82. The Morgan fingerprint density at radius 1 is 0.576 bits per heavy atom. The number of halogens is 1. The van der Waals surface area contributed by atoms with Crippen molar-refractivity contribution in [3.05, 3.63) is 131 Å². The lowest BCUT2D eigenvalue weighted by Crippen LogP contribution is -2.07. The molecule has 0 aromatic heterocycles. The highest BCUT2D eigenvalue weighted by Crippen LogP contribution is 2.51. The van der Waals surface area contributed by atoms with E-state index in [1.807, 2.05) is 6.07 Å². The van der Waals surface area contributed by atoms with E-state index in [0.717, 1.165) is 22.4 Å². The summed E-state index contributed by atoms with van der Waals surface area (Å²) in [7, 11) is 0. The van der Waals surface area contributed by atoms with Crippen LogP contribution in [-0.2, 0) is 6.42 Å². The molecule has 0 unspecified atom stereocenters. The van der Waals surface area contributed by atoms with E-state index in [-0.39, 0.29) is 0 Å². The molecular weight excluding hydrogens is 468 g/mol. The molecule has 0 N–H and O–H groups in total. The predicted molar refractivity (Wildman–Crippen MR) is 140 cm³/mol. The average molecular weight is 489 g/mol. The number of hydrogen-bond acceptors (Lipinski definition) is 1. The van der Waals surface area contributed by atoms with E-state index in [0.29, 0.717) is 0 Å². The third-order valence-corrected chi connectivity index (χ3v) is 6.86. The zero-order valence-corrected chi connectivity index (χ0v) is 19.5. The van der Waals surface area contributed by atoms with Crippen LogP contribution in [0.25, 0.3) is 33.4 Å². The van der Waals surface area contributed by atoms with Crippen LogP contribution in [0.3, 0.4) is 0 Å². The molecule has 1 heterocycles. The third-order valence-electron chi connectivity index (χ3n) is 6.23. The van der Waals surface area contributed by atoms with Gasteiger partial charge in [-0.2, -0.15) is 0 Å². The zero-order valence-electron chi connectivity index (χ0n) is 18.0. The predicted octanol–water partition coefficient (Wildman–Crippen LogP) is 9.15. The number of hydrogen-bond donors (Lipinski definition) is 0. The molecule has 5 aromatic rings. The molecule has 0 fully saturated rings. The molecule has 0 amide bonds. The van der Waals surface area contributed by atoms with Crippen LogP contribution in [0.4, 0.5) is 0 Å². The number of fused-ring (bicyclic) bond motifs is 2. The van der Waals surface area contributed by atoms with Crippen LogP contribution in [-0.4, -0.2) is 0 Å². The monoisotopic (exact) mass is 488 g/mol. The maximum absolute atomic E-state index is 6.58. The Morgan fingerprint density at radius 2 is 1.15 bits per heavy atom. The van der Waals surface area contributed by atoms with Crippen molar-refractivity contribution in [1.29, 1.82) is 0 Å². The van der Waals surface area contributed by atoms with Crippen LogP contribution < -0.4 is 4.74 Å². The standard InChI is InChI=1S/C31H21BrO/c32-27-18-10-17-24-19-26-28(33-31(24)27)20-25(21-11-4-1-5-12-21)29(22-13-6-2-7-14-22)30(26)23-15-8-3-9-16-23/h1-18,20H,19H2. The van der Waals surface area contributed by atoms with Crippen LogP contribution >= 0.6 is 15.9 Å². The topological polar surface area (TPSA) is 9.23 Å². The van der Waals surface area contributed by atoms with Gasteiger partial charge in [-0.1, -0.05) is 103 Å². The van der Waals surface area contributed by atoms with Crippen molar-refractivity contribution < 1.29 is 4.74 Å². The largest absolute Gasteiger partial charge is 0.456 e. The highest BCUT2D eigenvalue weighted by molar-refractivity contribution is 9.10. The van der Waals surface area contributed by atoms with Crippen LogP contribution in [0.15, 0.2) is 120 Å². The number of benzene rings is 5. The Bertz CT molecular complexity index is 1440. The summed E-state index contributed by atoms with van der Waals surface area (Å²) in [6, 6.07) is 40.5. The van der Waals surface area contributed by atoms with Crippen molar-refractivity contribution in [3.8, 4) is 44.9 Å². The molecule has 2 heteroatoms. The summed E-state index contributed by atoms with van der Waals surface area (Å²) < 4.78 is 7.56. The Kier molecular flexibility index (Phi) is 5.09. The molecule has 5 aromatic carbocycles. The number of rotatable bonds is 3. The first-order valence-corrected chi connectivity index (χ1v) is 11.9. The Balaban J connectivity index is 1.72. The van der Waals surface area contributed by atoms with Gasteiger partial charge < -0.3 is 4.74 Å². The Hall–Kier alpha value is -3.62. The second kappa shape index (κ2) is 8.38. The second-order valence-electron chi connectivity index (χ2n) is 8.26. The van der Waals surface area contributed by atoms with Crippen molar-refractivity contribution in [2.45, 2.75) is 6.42 Å². The summed E-state index contributed by atoms with van der Waals surface area (Å²) >= 11 is 3.69. The summed E-state index contributed by atoms with van der Waals surface area (Å²) in [5, 5.41) is 0. The van der Waals surface area contributed by atoms with Crippen molar-refractivity contribution in [3.63, 3.8) is 0 Å². The molecular formula is C31H21BrO. The Labute approximate surface area is 202 Å². The maximum Gasteiger partial charge on any atom is 0.145 e. The molecule has 0 bridgehead atoms. The van der Waals surface area contributed by atoms with Crippen molar-refractivity contribution >= 4 is 15.9 Å². The molecule has 1 nitrogen and oxygen atoms in total. The van der Waals surface area contributed by atoms with E-state index < -0.39 is 0 Å². The number of ether oxygens (including phenoxy) is 1. The van der Waals surface area contributed by atoms with Crippen LogP contribution in [0.1, 0.15) is 11.1 Å². The van der Waals surface area contributed by atoms with Gasteiger partial charge in [0.2, 0.25) is 0 Å². The molecule has 0 saturated carbocycles. The second-order valence-corrected chi connectivity index (χ2v) is 9.11. The summed E-state index contributed by atoms with van der Waals surface area (Å²) in [6.07, 6.45) is 0.823. The van der Waals surface area contributed by atoms with Gasteiger partial charge in [-0.05, 0) is 61.4 Å². The van der Waals surface area contributed by atoms with Gasteiger partial charge in [0.25, 0.3) is 0 Å². The van der Waals surface area contributed by atoms with Crippen molar-refractivity contribution in [1.82, 2.24) is 0 Å². The van der Waals surface area contributed by atoms with E-state index in [1.54, 1.807) is 0 Å². The molecule has 33 heavy (non-hydrogen) atoms. The van der Waals surface area contributed by atoms with Crippen molar-refractivity contribution in [2.75, 3.05) is 0 Å². The molecule has 158 valence electrons. The SMILES string of the molecule is Brc1cccc2c1Oc1cc(-c3ccccc3)c(-c3ccccc3)c(-c3ccccc3)c1C2. The van der Waals surface area contributed by atoms with E-state index in [9.17, 15) is 0 Å². The van der Waals surface area contributed by atoms with Gasteiger partial charge in [0.1, 0.15) is 11.5 Å². The zero-order chi connectivity index (χ0) is 22.2. The van der Waals surface area contributed by atoms with Gasteiger partial charge in [-0.25, -0.2) is 0 Å². The van der Waals surface area contributed by atoms with Gasteiger partial charge >= 0.3 is 0 Å². The van der Waals surface area contributed by atoms with Crippen LogP contribution in [0.2, 0.25) is 0 Å². The highest BCUT2D eigenvalue weighted by atomic mass is 79.9. The van der Waals surface area contributed by atoms with E-state index in [1.165, 1.54) is 44.5 Å². The minimum Gasteiger partial charge on any atom is -0.456 e. The summed E-state index contributed by atoms with van der Waals surface area (Å²) in [4.78, 5) is 0. The third kappa shape index (κ3) is 3.57. The fraction of sp³-hybridized carbons (Fsp3) is 0.0323. The Morgan fingerprint density at radius 3 is 1.79 bits per heavy atom. The minimum atomic E-state index is 0.823. The van der Waals surface area contributed by atoms with Gasteiger partial charge in [-0.3, -0.25) is 0 Å². The molecule has 0 aliphatic carbocycles. The smallest absolute Gasteiger partial charge is 0.145 e. The first-order chi connectivity index (χ1) is 16.3. The van der Waals surface area contributed by atoms with Gasteiger partial charge in [0.15, 0.2) is 0 Å². The minimum absolute atomic E-state index is 0.823. The molecule has 6 rings (SSSR count). The fourth-order valence-electron chi connectivity index (χ4n) is 4.75. The summed E-state index contributed by atoms with van der Waals surface area (Å²) in [5.74, 6) is 1.84. The normalized spacial score (nSPS) is 11.9. The molecule has 0 atom stereocenters. The van der Waals surface area contributed by atoms with Crippen molar-refractivity contribution in [2.24, 2.45) is 0 Å². The lowest BCUT2D eigenvalue weighted by Gasteiger charge is -2.28. The summed E-state index contributed by atoms with van der Waals surface area (Å²) in [6.45, 7) is 0. The first-order valence-electron chi connectivity index (χ1n) is 11.1. The van der Waals surface area contributed by atoms with Crippen LogP contribution in [0.5, 0.6) is 11.5 Å². The quantitative estimate of drug-likeness (QED) is 0.241. The molecule has 1 aliphatic rings. The first kappa shape index (κ1) is 20.0. The highest BCUT2D eigenvalue weighted by Gasteiger charge is 2.27.